The third-order valence-corrected chi connectivity index (χ3v) is 6.46. The average Bonchev–Trinajstić information content (AvgIpc) is 2.66. The second-order valence-corrected chi connectivity index (χ2v) is 8.14. The van der Waals surface area contributed by atoms with Crippen molar-refractivity contribution in [3.05, 3.63) is 47.3 Å². The minimum absolute atomic E-state index is 0.0967. The summed E-state index contributed by atoms with van der Waals surface area (Å²) in [6.07, 6.45) is 9.31. The Balaban J connectivity index is 1.47. The van der Waals surface area contributed by atoms with E-state index in [1.54, 1.807) is 6.08 Å². The van der Waals surface area contributed by atoms with Gasteiger partial charge in [-0.25, -0.2) is 22.0 Å². The molecule has 0 aliphatic heterocycles. The van der Waals surface area contributed by atoms with Crippen molar-refractivity contribution >= 4 is 0 Å². The van der Waals surface area contributed by atoms with E-state index in [1.807, 2.05) is 6.08 Å². The zero-order valence-corrected chi connectivity index (χ0v) is 15.4. The van der Waals surface area contributed by atoms with Gasteiger partial charge in [0.2, 0.25) is 6.43 Å². The molecule has 2 aliphatic rings. The fraction of sp³-hybridized carbons (Fsp3) is 0.636. The van der Waals surface area contributed by atoms with Gasteiger partial charge in [0.1, 0.15) is 0 Å². The molecule has 0 spiro atoms. The smallest absolute Gasteiger partial charge is 0.210 e. The first-order valence-electron chi connectivity index (χ1n) is 10.0. The van der Waals surface area contributed by atoms with Crippen LogP contribution < -0.4 is 0 Å². The molecule has 0 N–H and O–H groups in total. The lowest BCUT2D eigenvalue weighted by Crippen LogP contribution is -2.25. The zero-order valence-electron chi connectivity index (χ0n) is 15.4. The molecule has 0 unspecified atom stereocenters. The van der Waals surface area contributed by atoms with Crippen LogP contribution in [0, 0.1) is 35.2 Å². The summed E-state index contributed by atoms with van der Waals surface area (Å²) in [5.41, 5.74) is 0.567. The highest BCUT2D eigenvalue weighted by atomic mass is 19.3. The molecule has 2 saturated carbocycles. The van der Waals surface area contributed by atoms with Crippen molar-refractivity contribution in [1.29, 1.82) is 0 Å². The SMILES string of the molecule is Fc1cc([C@H]2CC[C@H]([C@H]3CC[C@H](C=CCC(F)F)CC3)CC2)cc(F)c1F. The minimum Gasteiger partial charge on any atom is -0.210 e. The number of benzene rings is 1. The number of alkyl halides is 2. The Morgan fingerprint density at radius 2 is 1.33 bits per heavy atom. The van der Waals surface area contributed by atoms with E-state index >= 15 is 0 Å². The first-order valence-corrected chi connectivity index (χ1v) is 10.0. The third kappa shape index (κ3) is 5.32. The van der Waals surface area contributed by atoms with E-state index in [2.05, 4.69) is 0 Å². The van der Waals surface area contributed by atoms with Crippen LogP contribution in [0.3, 0.4) is 0 Å². The summed E-state index contributed by atoms with van der Waals surface area (Å²) in [6, 6.07) is 2.28. The van der Waals surface area contributed by atoms with Crippen LogP contribution in [0.4, 0.5) is 22.0 Å². The number of rotatable bonds is 5. The summed E-state index contributed by atoms with van der Waals surface area (Å²) in [6.45, 7) is 0. The highest BCUT2D eigenvalue weighted by Crippen LogP contribution is 2.44. The van der Waals surface area contributed by atoms with E-state index in [0.717, 1.165) is 63.5 Å². The van der Waals surface area contributed by atoms with E-state index < -0.39 is 23.9 Å². The molecule has 150 valence electrons. The van der Waals surface area contributed by atoms with Gasteiger partial charge >= 0.3 is 0 Å². The normalized spacial score (nSPS) is 29.6. The standard InChI is InChI=1S/C22H27F5/c23-19-12-18(13-20(24)22(19)27)17-10-8-16(9-11-17)15-6-4-14(5-7-15)2-1-3-21(25)26/h1-2,12-17,21H,3-11H2/t14-,15-,16-,17-. The van der Waals surface area contributed by atoms with Gasteiger partial charge in [-0.15, -0.1) is 0 Å². The van der Waals surface area contributed by atoms with Crippen LogP contribution in [0.1, 0.15) is 69.3 Å². The third-order valence-electron chi connectivity index (χ3n) is 6.46. The van der Waals surface area contributed by atoms with Crippen LogP contribution in [-0.4, -0.2) is 6.43 Å². The Morgan fingerprint density at radius 1 is 0.815 bits per heavy atom. The largest absolute Gasteiger partial charge is 0.242 e. The molecule has 27 heavy (non-hydrogen) atoms. The van der Waals surface area contributed by atoms with Crippen LogP contribution in [0.5, 0.6) is 0 Å². The lowest BCUT2D eigenvalue weighted by atomic mass is 9.68. The van der Waals surface area contributed by atoms with Crippen molar-refractivity contribution < 1.29 is 22.0 Å². The lowest BCUT2D eigenvalue weighted by Gasteiger charge is -2.37. The van der Waals surface area contributed by atoms with Gasteiger partial charge in [0, 0.05) is 6.42 Å². The maximum Gasteiger partial charge on any atom is 0.242 e. The topological polar surface area (TPSA) is 0 Å². The summed E-state index contributed by atoms with van der Waals surface area (Å²) < 4.78 is 64.5. The maximum absolute atomic E-state index is 13.5. The Morgan fingerprint density at radius 3 is 1.85 bits per heavy atom. The first-order chi connectivity index (χ1) is 12.9. The predicted octanol–water partition coefficient (Wildman–Crippen LogP) is 7.40. The lowest BCUT2D eigenvalue weighted by molar-refractivity contribution is 0.151. The Hall–Kier alpha value is -1.39. The van der Waals surface area contributed by atoms with Gasteiger partial charge in [-0.2, -0.15) is 0 Å². The van der Waals surface area contributed by atoms with Crippen molar-refractivity contribution in [2.45, 2.75) is 70.1 Å². The van der Waals surface area contributed by atoms with Gasteiger partial charge < -0.3 is 0 Å². The van der Waals surface area contributed by atoms with Crippen molar-refractivity contribution in [2.24, 2.45) is 17.8 Å². The summed E-state index contributed by atoms with van der Waals surface area (Å²) in [7, 11) is 0. The van der Waals surface area contributed by atoms with Gasteiger partial charge in [0.05, 0.1) is 0 Å². The highest BCUT2D eigenvalue weighted by Gasteiger charge is 2.31. The summed E-state index contributed by atoms with van der Waals surface area (Å²) in [5.74, 6) is -1.81. The number of hydrogen-bond acceptors (Lipinski definition) is 0. The molecule has 0 radical (unpaired) electrons. The molecule has 2 aliphatic carbocycles. The molecule has 0 atom stereocenters. The summed E-state index contributed by atoms with van der Waals surface area (Å²) in [4.78, 5) is 0. The van der Waals surface area contributed by atoms with Gasteiger partial charge in [-0.3, -0.25) is 0 Å². The number of hydrogen-bond donors (Lipinski definition) is 0. The Labute approximate surface area is 157 Å². The van der Waals surface area contributed by atoms with Gasteiger partial charge in [0.15, 0.2) is 17.5 Å². The summed E-state index contributed by atoms with van der Waals surface area (Å²) in [5, 5.41) is 0. The fourth-order valence-corrected chi connectivity index (χ4v) is 4.92. The van der Waals surface area contributed by atoms with Crippen molar-refractivity contribution in [3.63, 3.8) is 0 Å². The van der Waals surface area contributed by atoms with Crippen molar-refractivity contribution in [1.82, 2.24) is 0 Å². The molecule has 5 heteroatoms. The number of halogens is 5. The molecule has 0 aromatic heterocycles. The molecule has 0 saturated heterocycles. The van der Waals surface area contributed by atoms with E-state index in [0.29, 0.717) is 23.3 Å². The monoisotopic (exact) mass is 386 g/mol. The Kier molecular flexibility index (Phi) is 6.93. The van der Waals surface area contributed by atoms with Gasteiger partial charge in [-0.1, -0.05) is 12.2 Å². The molecule has 1 aromatic carbocycles. The number of allylic oxidation sites excluding steroid dienone is 2. The minimum atomic E-state index is -2.27. The van der Waals surface area contributed by atoms with Crippen LogP contribution in [-0.2, 0) is 0 Å². The molecule has 0 heterocycles. The van der Waals surface area contributed by atoms with E-state index in [4.69, 9.17) is 0 Å². The summed E-state index contributed by atoms with van der Waals surface area (Å²) >= 11 is 0. The van der Waals surface area contributed by atoms with Gasteiger partial charge in [-0.05, 0) is 92.7 Å². The fourth-order valence-electron chi connectivity index (χ4n) is 4.92. The second-order valence-electron chi connectivity index (χ2n) is 8.14. The highest BCUT2D eigenvalue weighted by molar-refractivity contribution is 5.23. The molecule has 3 rings (SSSR count). The molecular weight excluding hydrogens is 359 g/mol. The molecule has 2 fully saturated rings. The van der Waals surface area contributed by atoms with Crippen LogP contribution in [0.15, 0.2) is 24.3 Å². The second kappa shape index (κ2) is 9.20. The Bertz CT molecular complexity index is 615. The van der Waals surface area contributed by atoms with Gasteiger partial charge in [0.25, 0.3) is 0 Å². The van der Waals surface area contributed by atoms with E-state index in [9.17, 15) is 22.0 Å². The zero-order chi connectivity index (χ0) is 19.4. The van der Waals surface area contributed by atoms with Crippen LogP contribution in [0.25, 0.3) is 0 Å². The predicted molar refractivity (Wildman–Crippen MR) is 96.2 cm³/mol. The van der Waals surface area contributed by atoms with E-state index in [1.165, 1.54) is 0 Å². The van der Waals surface area contributed by atoms with E-state index in [-0.39, 0.29) is 12.3 Å². The van der Waals surface area contributed by atoms with Crippen molar-refractivity contribution in [3.8, 4) is 0 Å². The molecule has 0 nitrogen and oxygen atoms in total. The molecule has 0 bridgehead atoms. The molecular formula is C22H27F5. The van der Waals surface area contributed by atoms with Crippen LogP contribution >= 0.6 is 0 Å². The maximum atomic E-state index is 13.5. The molecule has 1 aromatic rings. The van der Waals surface area contributed by atoms with Crippen molar-refractivity contribution in [2.75, 3.05) is 0 Å². The molecule has 0 amide bonds. The quantitative estimate of drug-likeness (QED) is 0.281. The van der Waals surface area contributed by atoms with Crippen LogP contribution in [0.2, 0.25) is 0 Å². The average molecular weight is 386 g/mol. The first kappa shape index (κ1) is 20.3.